The second-order valence-electron chi connectivity index (χ2n) is 6.70. The fourth-order valence-corrected chi connectivity index (χ4v) is 1.94. The molecule has 0 aliphatic carbocycles. The van der Waals surface area contributed by atoms with Crippen molar-refractivity contribution in [2.45, 2.75) is 46.7 Å². The van der Waals surface area contributed by atoms with Gasteiger partial charge in [0.05, 0.1) is 0 Å². The predicted octanol–water partition coefficient (Wildman–Crippen LogP) is 1.72. The summed E-state index contributed by atoms with van der Waals surface area (Å²) in [5.74, 6) is 0.958. The van der Waals surface area contributed by atoms with Crippen molar-refractivity contribution in [2.24, 2.45) is 5.92 Å². The Bertz CT molecular complexity index is 473. The average Bonchev–Trinajstić information content (AvgIpc) is 2.29. The van der Waals surface area contributed by atoms with Gasteiger partial charge in [0.2, 0.25) is 0 Å². The Labute approximate surface area is 122 Å². The molecule has 0 aliphatic rings. The zero-order chi connectivity index (χ0) is 15.3. The van der Waals surface area contributed by atoms with Gasteiger partial charge in [0, 0.05) is 44.6 Å². The third-order valence-electron chi connectivity index (χ3n) is 2.92. The number of hydrogen-bond donors (Lipinski definition) is 1. The maximum absolute atomic E-state index is 12.3. The first kappa shape index (κ1) is 16.7. The van der Waals surface area contributed by atoms with Crippen LogP contribution < -0.4 is 15.8 Å². The van der Waals surface area contributed by atoms with Gasteiger partial charge in [-0.3, -0.25) is 4.79 Å². The number of hydrogen-bond acceptors (Lipinski definition) is 4. The van der Waals surface area contributed by atoms with Crippen LogP contribution in [0.1, 0.15) is 34.6 Å². The van der Waals surface area contributed by atoms with Crippen LogP contribution in [0.15, 0.2) is 17.2 Å². The Morgan fingerprint density at radius 2 is 2.05 bits per heavy atom. The molecule has 5 heteroatoms. The Kier molecular flexibility index (Phi) is 5.74. The standard InChI is InChI=1S/C15H28N4O/c1-12(2)11-19-10-7-16-13(14(19)20)18(6)9-8-17-15(3,4)5/h7,10,12,17H,8-9,11H2,1-6H3. The Balaban J connectivity index is 2.73. The van der Waals surface area contributed by atoms with Gasteiger partial charge in [0.1, 0.15) is 0 Å². The molecule has 0 atom stereocenters. The minimum Gasteiger partial charge on any atom is -0.354 e. The average molecular weight is 280 g/mol. The fraction of sp³-hybridized carbons (Fsp3) is 0.733. The summed E-state index contributed by atoms with van der Waals surface area (Å²) in [6.07, 6.45) is 3.46. The summed E-state index contributed by atoms with van der Waals surface area (Å²) < 4.78 is 1.74. The molecule has 1 aromatic heterocycles. The minimum atomic E-state index is -0.0144. The smallest absolute Gasteiger partial charge is 0.293 e. The Morgan fingerprint density at radius 3 is 2.60 bits per heavy atom. The van der Waals surface area contributed by atoms with Crippen molar-refractivity contribution >= 4 is 5.82 Å². The second-order valence-corrected chi connectivity index (χ2v) is 6.70. The third kappa shape index (κ3) is 5.33. The lowest BCUT2D eigenvalue weighted by Gasteiger charge is -2.24. The van der Waals surface area contributed by atoms with Crippen molar-refractivity contribution in [3.05, 3.63) is 22.7 Å². The van der Waals surface area contributed by atoms with Crippen molar-refractivity contribution in [2.75, 3.05) is 25.0 Å². The lowest BCUT2D eigenvalue weighted by atomic mass is 10.1. The van der Waals surface area contributed by atoms with Crippen LogP contribution in [-0.2, 0) is 6.54 Å². The molecule has 0 bridgehead atoms. The molecule has 0 saturated carbocycles. The molecule has 114 valence electrons. The fourth-order valence-electron chi connectivity index (χ4n) is 1.94. The van der Waals surface area contributed by atoms with Crippen LogP contribution in [0.3, 0.4) is 0 Å². The molecular weight excluding hydrogens is 252 g/mol. The topological polar surface area (TPSA) is 50.2 Å². The third-order valence-corrected chi connectivity index (χ3v) is 2.92. The minimum absolute atomic E-state index is 0.0144. The molecule has 5 nitrogen and oxygen atoms in total. The van der Waals surface area contributed by atoms with E-state index in [1.165, 1.54) is 0 Å². The molecule has 0 spiro atoms. The van der Waals surface area contributed by atoms with Gasteiger partial charge in [0.15, 0.2) is 5.82 Å². The molecule has 1 N–H and O–H groups in total. The van der Waals surface area contributed by atoms with Gasteiger partial charge in [-0.05, 0) is 26.7 Å². The highest BCUT2D eigenvalue weighted by atomic mass is 16.1. The zero-order valence-electron chi connectivity index (χ0n) is 13.6. The van der Waals surface area contributed by atoms with Crippen LogP contribution in [-0.4, -0.2) is 35.2 Å². The summed E-state index contributed by atoms with van der Waals surface area (Å²) in [6.45, 7) is 12.9. The largest absolute Gasteiger partial charge is 0.354 e. The van der Waals surface area contributed by atoms with Gasteiger partial charge in [0.25, 0.3) is 5.56 Å². The molecule has 0 aromatic carbocycles. The maximum atomic E-state index is 12.3. The van der Waals surface area contributed by atoms with Gasteiger partial charge >= 0.3 is 0 Å². The summed E-state index contributed by atoms with van der Waals surface area (Å²) in [7, 11) is 1.91. The molecule has 0 radical (unpaired) electrons. The van der Waals surface area contributed by atoms with Crippen molar-refractivity contribution < 1.29 is 0 Å². The molecule has 0 saturated heterocycles. The van der Waals surface area contributed by atoms with Gasteiger partial charge in [-0.1, -0.05) is 13.8 Å². The summed E-state index contributed by atoms with van der Waals surface area (Å²) in [6, 6.07) is 0. The van der Waals surface area contributed by atoms with E-state index in [1.54, 1.807) is 17.0 Å². The predicted molar refractivity (Wildman–Crippen MR) is 84.4 cm³/mol. The van der Waals surface area contributed by atoms with E-state index >= 15 is 0 Å². The van der Waals surface area contributed by atoms with Crippen LogP contribution >= 0.6 is 0 Å². The molecular formula is C15H28N4O. The van der Waals surface area contributed by atoms with E-state index < -0.39 is 0 Å². The van der Waals surface area contributed by atoms with E-state index in [0.717, 1.165) is 19.6 Å². The van der Waals surface area contributed by atoms with E-state index in [-0.39, 0.29) is 11.1 Å². The van der Waals surface area contributed by atoms with Crippen LogP contribution in [0.2, 0.25) is 0 Å². The summed E-state index contributed by atoms with van der Waals surface area (Å²) in [5, 5.41) is 3.41. The molecule has 1 heterocycles. The molecule has 0 aliphatic heterocycles. The van der Waals surface area contributed by atoms with Crippen molar-refractivity contribution in [3.63, 3.8) is 0 Å². The number of rotatable bonds is 6. The van der Waals surface area contributed by atoms with Crippen LogP contribution in [0, 0.1) is 5.92 Å². The van der Waals surface area contributed by atoms with Crippen LogP contribution in [0.5, 0.6) is 0 Å². The quantitative estimate of drug-likeness (QED) is 0.862. The summed E-state index contributed by atoms with van der Waals surface area (Å²) >= 11 is 0. The first-order valence-corrected chi connectivity index (χ1v) is 7.22. The maximum Gasteiger partial charge on any atom is 0.293 e. The Hall–Kier alpha value is -1.36. The molecule has 1 rings (SSSR count). The van der Waals surface area contributed by atoms with Crippen LogP contribution in [0.4, 0.5) is 5.82 Å². The first-order chi connectivity index (χ1) is 9.20. The SMILES string of the molecule is CC(C)Cn1ccnc(N(C)CCNC(C)(C)C)c1=O. The summed E-state index contributed by atoms with van der Waals surface area (Å²) in [4.78, 5) is 18.5. The first-order valence-electron chi connectivity index (χ1n) is 7.22. The number of nitrogens with one attached hydrogen (secondary N) is 1. The van der Waals surface area contributed by atoms with Gasteiger partial charge in [-0.2, -0.15) is 0 Å². The normalized spacial score (nSPS) is 11.9. The van der Waals surface area contributed by atoms with Crippen LogP contribution in [0.25, 0.3) is 0 Å². The zero-order valence-corrected chi connectivity index (χ0v) is 13.6. The molecule has 0 fully saturated rings. The van der Waals surface area contributed by atoms with Gasteiger partial charge in [-0.25, -0.2) is 4.98 Å². The molecule has 0 unspecified atom stereocenters. The van der Waals surface area contributed by atoms with Crippen molar-refractivity contribution in [1.82, 2.24) is 14.9 Å². The number of aromatic nitrogens is 2. The van der Waals surface area contributed by atoms with E-state index in [9.17, 15) is 4.79 Å². The number of anilines is 1. The number of likely N-dealkylation sites (N-methyl/N-ethyl adjacent to an activating group) is 1. The lowest BCUT2D eigenvalue weighted by Crippen LogP contribution is -2.42. The van der Waals surface area contributed by atoms with E-state index in [1.807, 2.05) is 11.9 Å². The molecule has 1 aromatic rings. The van der Waals surface area contributed by atoms with E-state index in [0.29, 0.717) is 11.7 Å². The molecule has 0 amide bonds. The lowest BCUT2D eigenvalue weighted by molar-refractivity contribution is 0.430. The molecule has 20 heavy (non-hydrogen) atoms. The second kappa shape index (κ2) is 6.88. The highest BCUT2D eigenvalue weighted by molar-refractivity contribution is 5.34. The summed E-state index contributed by atoms with van der Waals surface area (Å²) in [5.41, 5.74) is 0.0717. The van der Waals surface area contributed by atoms with E-state index in [2.05, 4.69) is 44.9 Å². The number of nitrogens with zero attached hydrogens (tertiary/aromatic N) is 3. The Morgan fingerprint density at radius 1 is 1.40 bits per heavy atom. The van der Waals surface area contributed by atoms with Crippen molar-refractivity contribution in [1.29, 1.82) is 0 Å². The highest BCUT2D eigenvalue weighted by Gasteiger charge is 2.12. The van der Waals surface area contributed by atoms with Gasteiger partial charge in [-0.15, -0.1) is 0 Å². The van der Waals surface area contributed by atoms with Gasteiger partial charge < -0.3 is 14.8 Å². The highest BCUT2D eigenvalue weighted by Crippen LogP contribution is 2.03. The van der Waals surface area contributed by atoms with E-state index in [4.69, 9.17) is 0 Å². The monoisotopic (exact) mass is 280 g/mol. The van der Waals surface area contributed by atoms with Crippen molar-refractivity contribution in [3.8, 4) is 0 Å².